The molecule has 1 fully saturated rings. The van der Waals surface area contributed by atoms with Gasteiger partial charge in [0.2, 0.25) is 0 Å². The van der Waals surface area contributed by atoms with Crippen molar-refractivity contribution in [2.24, 2.45) is 0 Å². The molecule has 0 radical (unpaired) electrons. The quantitative estimate of drug-likeness (QED) is 0.539. The number of aliphatic hydroxyl groups excluding tert-OH is 1. The van der Waals surface area contributed by atoms with E-state index in [-0.39, 0.29) is 26.7 Å². The molecule has 0 saturated carbocycles. The minimum atomic E-state index is -1.36. The van der Waals surface area contributed by atoms with E-state index in [1.165, 1.54) is 5.30 Å². The zero-order valence-electron chi connectivity index (χ0n) is 16.5. The van der Waals surface area contributed by atoms with Crippen LogP contribution in [0.4, 0.5) is 0 Å². The lowest BCUT2D eigenvalue weighted by molar-refractivity contribution is 0.128. The molecule has 0 aromatic heterocycles. The molecular weight excluding hydrogens is 387 g/mol. The van der Waals surface area contributed by atoms with Crippen molar-refractivity contribution in [2.75, 3.05) is 52.5 Å². The smallest absolute Gasteiger partial charge is 0.137 e. The third-order valence-electron chi connectivity index (χ3n) is 3.91. The van der Waals surface area contributed by atoms with Crippen molar-refractivity contribution < 1.29 is 19.1 Å². The molecular formula is C18H33NO4P3+. The molecule has 26 heavy (non-hydrogen) atoms. The molecule has 0 bridgehead atoms. The van der Waals surface area contributed by atoms with Crippen molar-refractivity contribution in [3.05, 3.63) is 23.8 Å². The van der Waals surface area contributed by atoms with E-state index >= 15 is 0 Å². The van der Waals surface area contributed by atoms with E-state index < -0.39 is 7.49 Å². The lowest BCUT2D eigenvalue weighted by Gasteiger charge is -2.30. The molecule has 148 valence electrons. The second-order valence-electron chi connectivity index (χ2n) is 7.33. The van der Waals surface area contributed by atoms with E-state index in [0.29, 0.717) is 8.73 Å². The maximum atomic E-state index is 9.46. The van der Waals surface area contributed by atoms with Gasteiger partial charge in [-0.15, -0.1) is 0 Å². The Balaban J connectivity index is 2.26. The van der Waals surface area contributed by atoms with Gasteiger partial charge < -0.3 is 14.6 Å². The van der Waals surface area contributed by atoms with Crippen LogP contribution in [0.1, 0.15) is 12.5 Å². The summed E-state index contributed by atoms with van der Waals surface area (Å²) >= 11 is 0. The van der Waals surface area contributed by atoms with Crippen LogP contribution < -0.4 is 15.1 Å². The van der Waals surface area contributed by atoms with Crippen molar-refractivity contribution in [3.8, 4) is 5.75 Å². The van der Waals surface area contributed by atoms with E-state index in [2.05, 4.69) is 49.9 Å². The Morgan fingerprint density at radius 3 is 2.62 bits per heavy atom. The highest BCUT2D eigenvalue weighted by Crippen LogP contribution is 2.50. The molecule has 2 unspecified atom stereocenters. The maximum absolute atomic E-state index is 9.46. The van der Waals surface area contributed by atoms with Gasteiger partial charge in [0.1, 0.15) is 25.4 Å². The lowest BCUT2D eigenvalue weighted by Crippen LogP contribution is -2.29. The third-order valence-corrected chi connectivity index (χ3v) is 7.42. The first-order valence-corrected chi connectivity index (χ1v) is 15.2. The predicted octanol–water partition coefficient (Wildman–Crippen LogP) is 3.06. The number of rotatable bonds is 11. The van der Waals surface area contributed by atoms with Gasteiger partial charge in [0, 0.05) is 18.3 Å². The standard InChI is InChI=1S/C18H33NO4P3/c1-14(11-20)22-18-15(7-6-8-17(18)25-12-21-13-25)9-16(10-19-24-2)23-26(3,4)5/h6-8,14,16,19-20,24H,9-13H2,1-5H3/q+1/t14-,16?/m1/s1. The third kappa shape index (κ3) is 6.95. The van der Waals surface area contributed by atoms with Crippen molar-refractivity contribution in [3.63, 3.8) is 0 Å². The summed E-state index contributed by atoms with van der Waals surface area (Å²) in [6.07, 6.45) is 2.30. The fourth-order valence-corrected chi connectivity index (χ4v) is 5.63. The van der Waals surface area contributed by atoms with Crippen molar-refractivity contribution in [2.45, 2.75) is 25.6 Å². The largest absolute Gasteiger partial charge is 0.487 e. The van der Waals surface area contributed by atoms with Gasteiger partial charge in [-0.05, 0) is 27.1 Å². The van der Waals surface area contributed by atoms with Crippen molar-refractivity contribution >= 4 is 29.4 Å². The number of hydrogen-bond acceptors (Lipinski definition) is 5. The molecule has 1 saturated heterocycles. The van der Waals surface area contributed by atoms with Gasteiger partial charge in [0.25, 0.3) is 0 Å². The first kappa shape index (κ1) is 22.4. The highest BCUT2D eigenvalue weighted by Gasteiger charge is 2.29. The van der Waals surface area contributed by atoms with E-state index in [1.807, 2.05) is 6.92 Å². The number of ether oxygens (including phenoxy) is 2. The molecule has 5 nitrogen and oxygen atoms in total. The Bertz CT molecular complexity index is 564. The van der Waals surface area contributed by atoms with E-state index in [0.717, 1.165) is 37.0 Å². The SMILES string of the molecule is CPNCC(Cc1cccc(P2COC2)c1O[C@H](C)CO)O[P+](C)(C)C. The summed E-state index contributed by atoms with van der Waals surface area (Å²) in [5, 5.41) is 14.2. The molecule has 1 aromatic carbocycles. The highest BCUT2D eigenvalue weighted by molar-refractivity contribution is 7.69. The number of para-hydroxylation sites is 1. The fourth-order valence-electron chi connectivity index (χ4n) is 2.73. The van der Waals surface area contributed by atoms with Crippen LogP contribution in [0.25, 0.3) is 0 Å². The number of hydrogen-bond donors (Lipinski definition) is 2. The van der Waals surface area contributed by atoms with Crippen molar-refractivity contribution in [1.82, 2.24) is 5.09 Å². The number of benzene rings is 1. The number of nitrogens with one attached hydrogen (secondary N) is 1. The van der Waals surface area contributed by atoms with Gasteiger partial charge >= 0.3 is 0 Å². The Kier molecular flexibility index (Phi) is 9.17. The Morgan fingerprint density at radius 2 is 2.08 bits per heavy atom. The van der Waals surface area contributed by atoms with Gasteiger partial charge in [-0.3, -0.25) is 5.09 Å². The summed E-state index contributed by atoms with van der Waals surface area (Å²) in [5.41, 5.74) is 1.16. The second-order valence-corrected chi connectivity index (χ2v) is 14.3. The first-order chi connectivity index (χ1) is 12.3. The van der Waals surface area contributed by atoms with Gasteiger partial charge in [-0.25, -0.2) is 4.52 Å². The van der Waals surface area contributed by atoms with Crippen LogP contribution in [-0.2, 0) is 15.7 Å². The monoisotopic (exact) mass is 420 g/mol. The predicted molar refractivity (Wildman–Crippen MR) is 117 cm³/mol. The Labute approximate surface area is 161 Å². The van der Waals surface area contributed by atoms with Crippen LogP contribution >= 0.6 is 24.1 Å². The van der Waals surface area contributed by atoms with E-state index in [4.69, 9.17) is 14.0 Å². The van der Waals surface area contributed by atoms with Crippen LogP contribution in [0, 0.1) is 0 Å². The van der Waals surface area contributed by atoms with Gasteiger partial charge in [-0.2, -0.15) is 0 Å². The van der Waals surface area contributed by atoms with Crippen LogP contribution in [0.15, 0.2) is 18.2 Å². The molecule has 3 atom stereocenters. The summed E-state index contributed by atoms with van der Waals surface area (Å²) in [6, 6.07) is 6.39. The van der Waals surface area contributed by atoms with Gasteiger partial charge in [0.05, 0.1) is 39.3 Å². The minimum Gasteiger partial charge on any atom is -0.487 e. The normalized spacial score (nSPS) is 18.1. The molecule has 8 heteroatoms. The zero-order chi connectivity index (χ0) is 19.2. The average Bonchev–Trinajstić information content (AvgIpc) is 2.52. The Morgan fingerprint density at radius 1 is 1.35 bits per heavy atom. The number of aliphatic hydroxyl groups is 1. The van der Waals surface area contributed by atoms with Gasteiger partial charge in [-0.1, -0.05) is 26.9 Å². The van der Waals surface area contributed by atoms with Gasteiger partial charge in [0.15, 0.2) is 0 Å². The average molecular weight is 420 g/mol. The summed E-state index contributed by atoms with van der Waals surface area (Å²) in [5.74, 6) is 0.934. The first-order valence-electron chi connectivity index (χ1n) is 8.95. The molecule has 0 amide bonds. The highest BCUT2D eigenvalue weighted by atomic mass is 31.2. The molecule has 0 aliphatic carbocycles. The molecule has 2 N–H and O–H groups in total. The molecule has 2 rings (SSSR count). The molecule has 1 aliphatic heterocycles. The van der Waals surface area contributed by atoms with Crippen LogP contribution in [-0.4, -0.2) is 69.8 Å². The van der Waals surface area contributed by atoms with E-state index in [1.54, 1.807) is 0 Å². The molecule has 1 aliphatic rings. The Hall–Kier alpha value is 0.150. The summed E-state index contributed by atoms with van der Waals surface area (Å²) in [4.78, 5) is 0. The lowest BCUT2D eigenvalue weighted by atomic mass is 10.1. The summed E-state index contributed by atoms with van der Waals surface area (Å²) in [7, 11) is -0.963. The molecule has 1 heterocycles. The maximum Gasteiger partial charge on any atom is 0.137 e. The summed E-state index contributed by atoms with van der Waals surface area (Å²) in [6.45, 7) is 11.5. The van der Waals surface area contributed by atoms with Crippen LogP contribution in [0.3, 0.4) is 0 Å². The summed E-state index contributed by atoms with van der Waals surface area (Å²) < 4.78 is 18.0. The van der Waals surface area contributed by atoms with E-state index in [9.17, 15) is 5.11 Å². The second kappa shape index (κ2) is 10.6. The molecule has 1 aromatic rings. The topological polar surface area (TPSA) is 60.0 Å². The molecule has 0 spiro atoms. The zero-order valence-corrected chi connectivity index (χ0v) is 19.3. The van der Waals surface area contributed by atoms with Crippen LogP contribution in [0.2, 0.25) is 0 Å². The van der Waals surface area contributed by atoms with Crippen molar-refractivity contribution in [1.29, 1.82) is 0 Å². The minimum absolute atomic E-state index is 0.00810. The van der Waals surface area contributed by atoms with Crippen LogP contribution in [0.5, 0.6) is 5.75 Å². The fraction of sp³-hybridized carbons (Fsp3) is 0.667.